The van der Waals surface area contributed by atoms with Gasteiger partial charge in [-0.05, 0) is 71.0 Å². The first-order valence-electron chi connectivity index (χ1n) is 17.7. The summed E-state index contributed by atoms with van der Waals surface area (Å²) in [4.78, 5) is 72.3. The van der Waals surface area contributed by atoms with Crippen molar-refractivity contribution in [1.82, 2.24) is 0 Å². The molecule has 4 aliphatic rings. The molecule has 8 nitrogen and oxygen atoms in total. The zero-order valence-electron chi connectivity index (χ0n) is 28.4. The molecule has 2 fully saturated rings. The lowest BCUT2D eigenvalue weighted by atomic mass is 9.44. The number of rotatable bonds is 5. The van der Waals surface area contributed by atoms with Gasteiger partial charge in [0.2, 0.25) is 11.8 Å². The number of ketones is 2. The molecule has 1 saturated heterocycles. The van der Waals surface area contributed by atoms with E-state index in [2.05, 4.69) is 0 Å². The van der Waals surface area contributed by atoms with Crippen LogP contribution in [-0.4, -0.2) is 39.6 Å². The van der Waals surface area contributed by atoms with E-state index in [1.807, 2.05) is 84.9 Å². The molecule has 2 N–H and O–H groups in total. The maximum Gasteiger partial charge on any atom is 0.335 e. The molecular formula is C45H33NO7. The Labute approximate surface area is 304 Å². The third kappa shape index (κ3) is 4.64. The normalized spacial score (nSPS) is 26.4. The summed E-state index contributed by atoms with van der Waals surface area (Å²) in [5, 5.41) is 23.1. The molecule has 1 aliphatic heterocycles. The van der Waals surface area contributed by atoms with E-state index in [0.29, 0.717) is 22.1 Å². The summed E-state index contributed by atoms with van der Waals surface area (Å²) in [5.41, 5.74) is 1.38. The Balaban J connectivity index is 1.30. The van der Waals surface area contributed by atoms with E-state index in [9.17, 15) is 24.6 Å². The lowest BCUT2D eigenvalue weighted by Crippen LogP contribution is -2.58. The predicted molar refractivity (Wildman–Crippen MR) is 198 cm³/mol. The van der Waals surface area contributed by atoms with Crippen LogP contribution in [0, 0.1) is 23.7 Å². The molecular weight excluding hydrogens is 666 g/mol. The first-order chi connectivity index (χ1) is 25.7. The number of phenolic OH excluding ortho intramolecular Hbond substituents is 1. The number of phenols is 1. The van der Waals surface area contributed by atoms with Crippen LogP contribution in [0.15, 0.2) is 139 Å². The molecule has 0 unspecified atom stereocenters. The number of aromatic carboxylic acids is 1. The average molecular weight is 700 g/mol. The number of carboxylic acid groups (broad SMARTS) is 1. The second-order valence-corrected chi connectivity index (χ2v) is 14.4. The van der Waals surface area contributed by atoms with Gasteiger partial charge in [0.15, 0.2) is 11.6 Å². The van der Waals surface area contributed by atoms with Crippen LogP contribution in [0.2, 0.25) is 0 Å². The monoisotopic (exact) mass is 699 g/mol. The van der Waals surface area contributed by atoms with Gasteiger partial charge < -0.3 is 10.2 Å². The smallest absolute Gasteiger partial charge is 0.335 e. The van der Waals surface area contributed by atoms with Crippen molar-refractivity contribution in [3.8, 4) is 5.75 Å². The van der Waals surface area contributed by atoms with Crippen LogP contribution in [0.1, 0.15) is 45.8 Å². The number of carbonyl (C=O) groups is 5. The number of allylic oxidation sites excluding steroid dienone is 4. The number of hydrogen-bond acceptors (Lipinski definition) is 6. The van der Waals surface area contributed by atoms with E-state index in [0.717, 1.165) is 15.9 Å². The zero-order valence-corrected chi connectivity index (χ0v) is 28.4. The van der Waals surface area contributed by atoms with Gasteiger partial charge in [-0.15, -0.1) is 0 Å². The van der Waals surface area contributed by atoms with Gasteiger partial charge in [-0.1, -0.05) is 109 Å². The Kier molecular flexibility index (Phi) is 7.41. The van der Waals surface area contributed by atoms with Crippen LogP contribution < -0.4 is 4.90 Å². The van der Waals surface area contributed by atoms with E-state index in [1.165, 1.54) is 24.3 Å². The number of amides is 2. The molecule has 5 aromatic carbocycles. The Morgan fingerprint density at radius 2 is 1.47 bits per heavy atom. The first kappa shape index (κ1) is 32.5. The molecule has 0 aromatic heterocycles. The maximum atomic E-state index is 15.3. The summed E-state index contributed by atoms with van der Waals surface area (Å²) in [6, 6.07) is 35.1. The molecule has 2 amide bonds. The molecule has 0 spiro atoms. The molecule has 260 valence electrons. The highest BCUT2D eigenvalue weighted by Gasteiger charge is 2.66. The minimum atomic E-state index is -1.49. The van der Waals surface area contributed by atoms with Crippen LogP contribution >= 0.6 is 0 Å². The number of nitrogens with zero attached hydrogens (tertiary/aromatic N) is 1. The molecule has 0 bridgehead atoms. The number of hydrogen-bond donors (Lipinski definition) is 2. The van der Waals surface area contributed by atoms with Gasteiger partial charge in [0.05, 0.1) is 28.5 Å². The number of Topliss-reactive ketones (excluding diaryl/α,β-unsaturated/α-hetero) is 1. The van der Waals surface area contributed by atoms with Crippen molar-refractivity contribution in [3.05, 3.63) is 161 Å². The zero-order chi connectivity index (χ0) is 36.6. The number of fused-ring (bicyclic) bond motifs is 5. The third-order valence-corrected chi connectivity index (χ3v) is 12.0. The van der Waals surface area contributed by atoms with E-state index in [-0.39, 0.29) is 47.0 Å². The standard InChI is InChI=1S/C45H33NO7/c47-36-21-18-26-12-7-8-17-30(26)39(36)40-31-19-20-32-38(43(51)46(42(32)50)29-16-9-13-27(22-29)44(52)53)34(31)23-35-41(49)33(25-10-3-1-4-11-25)24-37(48)45(35,40)28-14-5-2-6-15-28/h1-19,21-22,24,32,34-35,38,40,47H,20,23H2,(H,52,53)/t32-,34+,35-,38-,40+,45-/m0/s1. The lowest BCUT2D eigenvalue weighted by Gasteiger charge is -2.55. The van der Waals surface area contributed by atoms with Gasteiger partial charge in [0.1, 0.15) is 5.75 Å². The number of anilines is 1. The van der Waals surface area contributed by atoms with Gasteiger partial charge >= 0.3 is 5.97 Å². The lowest BCUT2D eigenvalue weighted by molar-refractivity contribution is -0.135. The van der Waals surface area contributed by atoms with E-state index in [4.69, 9.17) is 0 Å². The highest BCUT2D eigenvalue weighted by atomic mass is 16.4. The van der Waals surface area contributed by atoms with Crippen molar-refractivity contribution in [1.29, 1.82) is 0 Å². The number of carbonyl (C=O) groups excluding carboxylic acids is 4. The van der Waals surface area contributed by atoms with Gasteiger partial charge in [-0.3, -0.25) is 24.1 Å². The van der Waals surface area contributed by atoms with Crippen LogP contribution in [-0.2, 0) is 24.6 Å². The molecule has 8 heteroatoms. The minimum Gasteiger partial charge on any atom is -0.508 e. The number of benzene rings is 5. The average Bonchev–Trinajstić information content (AvgIpc) is 3.45. The third-order valence-electron chi connectivity index (χ3n) is 12.0. The fraction of sp³-hybridized carbons (Fsp3) is 0.178. The SMILES string of the molecule is O=C(O)c1cccc(N2C(=O)[C@H]3[C@H](CC=C4[C@H]3C[C@H]3C(=O)C(c5ccccc5)=CC(=O)[C@@]3(c3ccccc3)[C@H]4c3c(O)ccc4ccccc34)C2=O)c1. The summed E-state index contributed by atoms with van der Waals surface area (Å²) < 4.78 is 0. The van der Waals surface area contributed by atoms with Gasteiger partial charge in [0.25, 0.3) is 0 Å². The second kappa shape index (κ2) is 12.1. The van der Waals surface area contributed by atoms with Gasteiger partial charge in [-0.2, -0.15) is 0 Å². The Morgan fingerprint density at radius 1 is 0.755 bits per heavy atom. The Hall–Kier alpha value is -6.41. The van der Waals surface area contributed by atoms with E-state index >= 15 is 9.59 Å². The molecule has 1 heterocycles. The topological polar surface area (TPSA) is 129 Å². The van der Waals surface area contributed by atoms with Crippen LogP contribution in [0.4, 0.5) is 5.69 Å². The highest BCUT2D eigenvalue weighted by molar-refractivity contribution is 6.32. The highest BCUT2D eigenvalue weighted by Crippen LogP contribution is 2.65. The summed E-state index contributed by atoms with van der Waals surface area (Å²) in [5.74, 6) is -6.75. The van der Waals surface area contributed by atoms with Crippen LogP contribution in [0.5, 0.6) is 5.75 Å². The number of imide groups is 1. The van der Waals surface area contributed by atoms with Crippen molar-refractivity contribution in [2.24, 2.45) is 23.7 Å². The molecule has 6 atom stereocenters. The molecule has 53 heavy (non-hydrogen) atoms. The van der Waals surface area contributed by atoms with Crippen molar-refractivity contribution < 1.29 is 34.2 Å². The molecule has 5 aromatic rings. The quantitative estimate of drug-likeness (QED) is 0.146. The Bertz CT molecular complexity index is 2470. The van der Waals surface area contributed by atoms with E-state index in [1.54, 1.807) is 24.3 Å². The Morgan fingerprint density at radius 3 is 2.23 bits per heavy atom. The fourth-order valence-electron chi connectivity index (χ4n) is 9.81. The van der Waals surface area contributed by atoms with Gasteiger partial charge in [-0.25, -0.2) is 4.79 Å². The van der Waals surface area contributed by atoms with Crippen molar-refractivity contribution >= 4 is 51.4 Å². The first-order valence-corrected chi connectivity index (χ1v) is 17.7. The maximum absolute atomic E-state index is 15.3. The van der Waals surface area contributed by atoms with Gasteiger partial charge in [0, 0.05) is 23.0 Å². The molecule has 3 aliphatic carbocycles. The van der Waals surface area contributed by atoms with Crippen molar-refractivity contribution in [2.45, 2.75) is 24.2 Å². The number of carboxylic acids is 1. The molecule has 9 rings (SSSR count). The minimum absolute atomic E-state index is 0.0366. The number of aromatic hydroxyl groups is 1. The summed E-state index contributed by atoms with van der Waals surface area (Å²) >= 11 is 0. The predicted octanol–water partition coefficient (Wildman–Crippen LogP) is 7.27. The van der Waals surface area contributed by atoms with E-state index < -0.39 is 52.8 Å². The summed E-state index contributed by atoms with van der Waals surface area (Å²) in [6.45, 7) is 0. The van der Waals surface area contributed by atoms with Crippen molar-refractivity contribution in [2.75, 3.05) is 4.90 Å². The second-order valence-electron chi connectivity index (χ2n) is 14.4. The molecule has 1 saturated carbocycles. The molecule has 0 radical (unpaired) electrons. The largest absolute Gasteiger partial charge is 0.508 e. The van der Waals surface area contributed by atoms with Crippen molar-refractivity contribution in [3.63, 3.8) is 0 Å². The van der Waals surface area contributed by atoms with Crippen LogP contribution in [0.25, 0.3) is 16.3 Å². The fourth-order valence-corrected chi connectivity index (χ4v) is 9.81. The summed E-state index contributed by atoms with van der Waals surface area (Å²) in [7, 11) is 0. The summed E-state index contributed by atoms with van der Waals surface area (Å²) in [6.07, 6.45) is 3.72. The van der Waals surface area contributed by atoms with Crippen LogP contribution in [0.3, 0.4) is 0 Å².